The van der Waals surface area contributed by atoms with Crippen molar-refractivity contribution in [1.82, 2.24) is 10.5 Å². The van der Waals surface area contributed by atoms with Gasteiger partial charge in [-0.25, -0.2) is 0 Å². The van der Waals surface area contributed by atoms with Crippen molar-refractivity contribution in [1.29, 1.82) is 0 Å². The summed E-state index contributed by atoms with van der Waals surface area (Å²) in [4.78, 5) is 0.846. The number of hydrogen-bond acceptors (Lipinski definition) is 6. The molecule has 1 aliphatic carbocycles. The van der Waals surface area contributed by atoms with E-state index in [-0.39, 0.29) is 5.11 Å². The van der Waals surface area contributed by atoms with Crippen LogP contribution in [0, 0.1) is 5.21 Å². The molecule has 1 spiro atoms. The normalized spacial score (nSPS) is 28.7. The van der Waals surface area contributed by atoms with Gasteiger partial charge in [-0.1, -0.05) is 6.07 Å². The Bertz CT molecular complexity index is 713. The molecule has 4 N–H and O–H groups in total. The van der Waals surface area contributed by atoms with Crippen LogP contribution in [0.15, 0.2) is 22.6 Å². The van der Waals surface area contributed by atoms with Crippen LogP contribution in [0.4, 0.5) is 0 Å². The molecule has 1 atom stereocenters. The smallest absolute Gasteiger partial charge is 0.292 e. The van der Waals surface area contributed by atoms with Crippen molar-refractivity contribution in [3.63, 3.8) is 0 Å². The van der Waals surface area contributed by atoms with E-state index in [1.807, 2.05) is 31.4 Å². The Morgan fingerprint density at radius 3 is 2.92 bits per heavy atom. The Hall–Kier alpha value is -1.55. The molecule has 3 rings (SSSR count). The zero-order valence-electron chi connectivity index (χ0n) is 13.7. The molecule has 1 fully saturated rings. The second-order valence-electron chi connectivity index (χ2n) is 6.55. The van der Waals surface area contributed by atoms with E-state index in [1.54, 1.807) is 0 Å². The van der Waals surface area contributed by atoms with Gasteiger partial charge in [-0.05, 0) is 56.8 Å². The van der Waals surface area contributed by atoms with Gasteiger partial charge < -0.3 is 16.1 Å². The number of thiocarbonyl (C=S) groups is 1. The molecule has 130 valence electrons. The second-order valence-corrected chi connectivity index (χ2v) is 7.94. The van der Waals surface area contributed by atoms with Gasteiger partial charge in [-0.15, -0.1) is 16.4 Å². The highest BCUT2D eigenvalue weighted by Crippen LogP contribution is 2.42. The van der Waals surface area contributed by atoms with Crippen molar-refractivity contribution in [3.8, 4) is 0 Å². The van der Waals surface area contributed by atoms with Crippen LogP contribution in [0.2, 0.25) is 0 Å². The maximum absolute atomic E-state index is 13.4. The van der Waals surface area contributed by atoms with Gasteiger partial charge in [-0.2, -0.15) is 9.84 Å². The summed E-state index contributed by atoms with van der Waals surface area (Å²) in [6.45, 7) is 3.68. The van der Waals surface area contributed by atoms with E-state index in [9.17, 15) is 10.4 Å². The van der Waals surface area contributed by atoms with Crippen LogP contribution < -0.4 is 11.2 Å². The number of nitrogens with two attached hydrogens (primary N) is 1. The summed E-state index contributed by atoms with van der Waals surface area (Å²) in [5, 5.41) is 31.7. The van der Waals surface area contributed by atoms with Crippen molar-refractivity contribution < 1.29 is 9.95 Å². The van der Waals surface area contributed by atoms with E-state index in [4.69, 9.17) is 18.0 Å². The quantitative estimate of drug-likeness (QED) is 0.320. The molecule has 1 saturated carbocycles. The predicted octanol–water partition coefficient (Wildman–Crippen LogP) is 1.99. The third-order valence-electron chi connectivity index (χ3n) is 4.71. The number of nitrogens with one attached hydrogen (secondary N) is 1. The number of thiophene rings is 1. The molecule has 9 heteroatoms. The van der Waals surface area contributed by atoms with E-state index < -0.39 is 11.2 Å². The maximum Gasteiger partial charge on any atom is 0.292 e. The molecule has 0 bridgehead atoms. The summed E-state index contributed by atoms with van der Waals surface area (Å²) in [5.74, 6) is 0. The first-order valence-corrected chi connectivity index (χ1v) is 9.11. The summed E-state index contributed by atoms with van der Waals surface area (Å²) in [7, 11) is 0. The third-order valence-corrected chi connectivity index (χ3v) is 5.67. The summed E-state index contributed by atoms with van der Waals surface area (Å²) in [6.07, 6.45) is 2.81. The SMILES string of the molecule is CC1(C)C(c2cccs2)=[N+]([O-])C2(CCCCC2=NNC(N)=S)N1O. The molecular formula is C15H21N5O2S2. The molecule has 1 aromatic rings. The Kier molecular flexibility index (Phi) is 4.37. The molecule has 0 saturated heterocycles. The minimum atomic E-state index is -1.22. The standard InChI is InChI=1S/C15H21N5O2S2/c1-14(2)12(10-6-5-9-24-10)19(21)15(20(14)22)8-4-3-7-11(15)17-18-13(16)23/h5-6,9,22H,3-4,7-8H2,1-2H3,(H3,16,18,23). The average Bonchev–Trinajstić information content (AvgIpc) is 3.09. The van der Waals surface area contributed by atoms with Crippen molar-refractivity contribution in [2.45, 2.75) is 50.7 Å². The minimum absolute atomic E-state index is 0.0323. The van der Waals surface area contributed by atoms with Crippen LogP contribution >= 0.6 is 23.6 Å². The summed E-state index contributed by atoms with van der Waals surface area (Å²) in [5.41, 5.74) is 7.08. The summed E-state index contributed by atoms with van der Waals surface area (Å²) in [6, 6.07) is 3.79. The molecule has 0 amide bonds. The number of nitrogens with zero attached hydrogens (tertiary/aromatic N) is 3. The van der Waals surface area contributed by atoms with E-state index in [0.29, 0.717) is 24.3 Å². The van der Waals surface area contributed by atoms with E-state index >= 15 is 0 Å². The highest BCUT2D eigenvalue weighted by molar-refractivity contribution is 7.80. The molecular weight excluding hydrogens is 346 g/mol. The van der Waals surface area contributed by atoms with E-state index in [2.05, 4.69) is 10.5 Å². The molecule has 7 nitrogen and oxygen atoms in total. The fourth-order valence-electron chi connectivity index (χ4n) is 3.62. The van der Waals surface area contributed by atoms with Gasteiger partial charge in [0, 0.05) is 6.42 Å². The molecule has 2 aliphatic rings. The lowest BCUT2D eigenvalue weighted by molar-refractivity contribution is -0.568. The van der Waals surface area contributed by atoms with Crippen molar-refractivity contribution >= 4 is 40.1 Å². The van der Waals surface area contributed by atoms with Crippen LogP contribution in [0.1, 0.15) is 44.4 Å². The molecule has 2 heterocycles. The van der Waals surface area contributed by atoms with E-state index in [1.165, 1.54) is 11.3 Å². The Balaban J connectivity index is 2.17. The molecule has 24 heavy (non-hydrogen) atoms. The van der Waals surface area contributed by atoms with Crippen LogP contribution in [0.3, 0.4) is 0 Å². The van der Waals surface area contributed by atoms with Crippen LogP contribution in [-0.4, -0.2) is 42.7 Å². The van der Waals surface area contributed by atoms with Gasteiger partial charge in [0.2, 0.25) is 5.71 Å². The van der Waals surface area contributed by atoms with Crippen molar-refractivity contribution in [3.05, 3.63) is 27.6 Å². The van der Waals surface area contributed by atoms with Crippen LogP contribution in [0.5, 0.6) is 0 Å². The maximum atomic E-state index is 13.4. The average molecular weight is 367 g/mol. The summed E-state index contributed by atoms with van der Waals surface area (Å²) >= 11 is 6.29. The van der Waals surface area contributed by atoms with Gasteiger partial charge >= 0.3 is 0 Å². The minimum Gasteiger partial charge on any atom is -0.622 e. The van der Waals surface area contributed by atoms with Gasteiger partial charge in [-0.3, -0.25) is 5.43 Å². The van der Waals surface area contributed by atoms with Crippen molar-refractivity contribution in [2.24, 2.45) is 10.8 Å². The third kappa shape index (κ3) is 2.43. The lowest BCUT2D eigenvalue weighted by Crippen LogP contribution is -2.61. The number of rotatable bonds is 2. The highest BCUT2D eigenvalue weighted by atomic mass is 32.1. The zero-order chi connectivity index (χ0) is 17.5. The van der Waals surface area contributed by atoms with Crippen LogP contribution in [0.25, 0.3) is 0 Å². The largest absolute Gasteiger partial charge is 0.622 e. The van der Waals surface area contributed by atoms with Gasteiger partial charge in [0.15, 0.2) is 5.11 Å². The lowest BCUT2D eigenvalue weighted by atomic mass is 9.86. The first-order valence-electron chi connectivity index (χ1n) is 7.82. The Morgan fingerprint density at radius 2 is 2.29 bits per heavy atom. The van der Waals surface area contributed by atoms with Crippen LogP contribution in [-0.2, 0) is 0 Å². The fourth-order valence-corrected chi connectivity index (χ4v) is 4.57. The number of hydrogen-bond donors (Lipinski definition) is 3. The Morgan fingerprint density at radius 1 is 1.54 bits per heavy atom. The predicted molar refractivity (Wildman–Crippen MR) is 98.3 cm³/mol. The number of hydroxylamine groups is 3. The molecule has 1 aliphatic heterocycles. The highest BCUT2D eigenvalue weighted by Gasteiger charge is 2.65. The zero-order valence-corrected chi connectivity index (χ0v) is 15.3. The molecule has 1 unspecified atom stereocenters. The molecule has 0 aromatic carbocycles. The molecule has 1 aromatic heterocycles. The van der Waals surface area contributed by atoms with Gasteiger partial charge in [0.25, 0.3) is 5.66 Å². The lowest BCUT2D eigenvalue weighted by Gasteiger charge is -2.38. The number of hydrazone groups is 1. The van der Waals surface area contributed by atoms with Crippen molar-refractivity contribution in [2.75, 3.05) is 0 Å². The summed E-state index contributed by atoms with van der Waals surface area (Å²) < 4.78 is 0.929. The second kappa shape index (κ2) is 6.07. The van der Waals surface area contributed by atoms with Gasteiger partial charge in [0.1, 0.15) is 11.3 Å². The Labute approximate surface area is 150 Å². The fraction of sp³-hybridized carbons (Fsp3) is 0.533. The topological polar surface area (TPSA) is 100.0 Å². The monoisotopic (exact) mass is 367 g/mol. The molecule has 0 radical (unpaired) electrons. The van der Waals surface area contributed by atoms with E-state index in [0.717, 1.165) is 27.5 Å². The van der Waals surface area contributed by atoms with Gasteiger partial charge in [0.05, 0.1) is 4.88 Å². The first-order chi connectivity index (χ1) is 11.3. The first kappa shape index (κ1) is 17.3.